The second-order valence-corrected chi connectivity index (χ2v) is 7.01. The van der Waals surface area contributed by atoms with Crippen LogP contribution in [0.2, 0.25) is 0 Å². The molecule has 122 valence electrons. The van der Waals surface area contributed by atoms with Crippen LogP contribution in [0.15, 0.2) is 47.6 Å². The van der Waals surface area contributed by atoms with E-state index in [1.165, 1.54) is 12.3 Å². The van der Waals surface area contributed by atoms with Crippen LogP contribution >= 0.6 is 0 Å². The van der Waals surface area contributed by atoms with Crippen molar-refractivity contribution in [2.45, 2.75) is 17.9 Å². The number of nitrogens with two attached hydrogens (primary N) is 1. The van der Waals surface area contributed by atoms with Gasteiger partial charge in [0.1, 0.15) is 5.75 Å². The minimum Gasteiger partial charge on any atom is -0.494 e. The van der Waals surface area contributed by atoms with Gasteiger partial charge >= 0.3 is 0 Å². The number of aldehydes is 1. The lowest BCUT2D eigenvalue weighted by molar-refractivity contribution is 0.112. The standard InChI is InChI=1S/C16H18N2O4S/c17-15-7-6-14(11-13(15)12-19)22-9-3-4-10-23(20,21)16-5-1-2-8-18-16/h1-2,5-8,11-12H,3-4,9-10,17H2. The van der Waals surface area contributed by atoms with E-state index in [0.29, 0.717) is 42.7 Å². The third kappa shape index (κ3) is 4.79. The van der Waals surface area contributed by atoms with Gasteiger partial charge in [-0.05, 0) is 43.2 Å². The molecule has 0 spiro atoms. The molecule has 6 nitrogen and oxygen atoms in total. The molecule has 2 aromatic rings. The molecule has 1 heterocycles. The maximum atomic E-state index is 12.0. The van der Waals surface area contributed by atoms with Crippen LogP contribution in [0.25, 0.3) is 0 Å². The van der Waals surface area contributed by atoms with Crippen molar-refractivity contribution in [2.24, 2.45) is 0 Å². The van der Waals surface area contributed by atoms with E-state index in [4.69, 9.17) is 10.5 Å². The van der Waals surface area contributed by atoms with Crippen molar-refractivity contribution in [3.63, 3.8) is 0 Å². The van der Waals surface area contributed by atoms with Crippen LogP contribution in [0.4, 0.5) is 5.69 Å². The summed E-state index contributed by atoms with van der Waals surface area (Å²) in [6, 6.07) is 9.65. The number of hydrogen-bond acceptors (Lipinski definition) is 6. The van der Waals surface area contributed by atoms with Gasteiger partial charge in [-0.1, -0.05) is 6.07 Å². The molecule has 23 heavy (non-hydrogen) atoms. The number of nitrogens with zero attached hydrogens (tertiary/aromatic N) is 1. The van der Waals surface area contributed by atoms with E-state index in [1.54, 1.807) is 30.3 Å². The lowest BCUT2D eigenvalue weighted by Crippen LogP contribution is -2.10. The van der Waals surface area contributed by atoms with Crippen LogP contribution < -0.4 is 10.5 Å². The summed E-state index contributed by atoms with van der Waals surface area (Å²) in [7, 11) is -3.35. The number of rotatable bonds is 8. The first-order chi connectivity index (χ1) is 11.0. The number of pyridine rings is 1. The Balaban J connectivity index is 1.79. The maximum absolute atomic E-state index is 12.0. The first-order valence-electron chi connectivity index (χ1n) is 7.14. The SMILES string of the molecule is Nc1ccc(OCCCCS(=O)(=O)c2ccccn2)cc1C=O. The van der Waals surface area contributed by atoms with E-state index < -0.39 is 9.84 Å². The van der Waals surface area contributed by atoms with Crippen LogP contribution in [0.3, 0.4) is 0 Å². The Kier molecular flexibility index (Phi) is 5.70. The highest BCUT2D eigenvalue weighted by Crippen LogP contribution is 2.18. The topological polar surface area (TPSA) is 99.3 Å². The zero-order valence-corrected chi connectivity index (χ0v) is 13.3. The fourth-order valence-corrected chi connectivity index (χ4v) is 3.27. The van der Waals surface area contributed by atoms with Crippen molar-refractivity contribution in [1.29, 1.82) is 0 Å². The molecule has 2 rings (SSSR count). The van der Waals surface area contributed by atoms with Crippen LogP contribution in [0, 0.1) is 0 Å². The van der Waals surface area contributed by atoms with Crippen molar-refractivity contribution in [3.8, 4) is 5.75 Å². The average Bonchev–Trinajstić information content (AvgIpc) is 2.56. The van der Waals surface area contributed by atoms with Gasteiger partial charge in [0.2, 0.25) is 0 Å². The summed E-state index contributed by atoms with van der Waals surface area (Å²) in [6.45, 7) is 0.361. The molecule has 7 heteroatoms. The highest BCUT2D eigenvalue weighted by molar-refractivity contribution is 7.91. The Bertz CT molecular complexity index is 761. The average molecular weight is 334 g/mol. The van der Waals surface area contributed by atoms with Gasteiger partial charge in [-0.15, -0.1) is 0 Å². The summed E-state index contributed by atoms with van der Waals surface area (Å²) < 4.78 is 29.6. The number of nitrogen functional groups attached to an aromatic ring is 1. The lowest BCUT2D eigenvalue weighted by atomic mass is 10.2. The Hall–Kier alpha value is -2.41. The quantitative estimate of drug-likeness (QED) is 0.451. The second-order valence-electron chi connectivity index (χ2n) is 4.95. The Labute approximate surface area is 135 Å². The second kappa shape index (κ2) is 7.73. The monoisotopic (exact) mass is 334 g/mol. The fraction of sp³-hybridized carbons (Fsp3) is 0.250. The number of hydrogen-bond donors (Lipinski definition) is 1. The van der Waals surface area contributed by atoms with Crippen molar-refractivity contribution in [1.82, 2.24) is 4.98 Å². The molecule has 0 aliphatic rings. The highest BCUT2D eigenvalue weighted by Gasteiger charge is 2.14. The number of ether oxygens (including phenoxy) is 1. The van der Waals surface area contributed by atoms with Gasteiger partial charge in [0.15, 0.2) is 21.1 Å². The molecule has 0 amide bonds. The van der Waals surface area contributed by atoms with Gasteiger partial charge in [0.25, 0.3) is 0 Å². The minimum absolute atomic E-state index is 0.0225. The zero-order chi connectivity index (χ0) is 16.7. The number of benzene rings is 1. The van der Waals surface area contributed by atoms with Crippen molar-refractivity contribution >= 4 is 21.8 Å². The normalized spacial score (nSPS) is 11.1. The van der Waals surface area contributed by atoms with Gasteiger partial charge in [0.05, 0.1) is 12.4 Å². The predicted molar refractivity (Wildman–Crippen MR) is 87.3 cm³/mol. The first kappa shape index (κ1) is 17.0. The lowest BCUT2D eigenvalue weighted by Gasteiger charge is -2.08. The molecule has 0 saturated heterocycles. The summed E-state index contributed by atoms with van der Waals surface area (Å²) in [6.07, 6.45) is 3.17. The Morgan fingerprint density at radius 3 is 2.70 bits per heavy atom. The maximum Gasteiger partial charge on any atom is 0.195 e. The molecule has 0 fully saturated rings. The molecular weight excluding hydrogens is 316 g/mol. The molecule has 0 saturated carbocycles. The predicted octanol–water partition coefficient (Wildman–Crippen LogP) is 2.11. The van der Waals surface area contributed by atoms with E-state index >= 15 is 0 Å². The summed E-state index contributed by atoms with van der Waals surface area (Å²) in [4.78, 5) is 14.7. The zero-order valence-electron chi connectivity index (χ0n) is 12.5. The number of anilines is 1. The summed E-state index contributed by atoms with van der Waals surface area (Å²) in [5.74, 6) is 0.559. The molecular formula is C16H18N2O4S. The number of sulfone groups is 1. The molecule has 1 aromatic carbocycles. The Morgan fingerprint density at radius 2 is 2.00 bits per heavy atom. The number of unbranched alkanes of at least 4 members (excludes halogenated alkanes) is 1. The molecule has 2 N–H and O–H groups in total. The fourth-order valence-electron chi connectivity index (χ4n) is 1.96. The van der Waals surface area contributed by atoms with Crippen LogP contribution in [0.5, 0.6) is 5.75 Å². The van der Waals surface area contributed by atoms with Crippen molar-refractivity contribution in [3.05, 3.63) is 48.2 Å². The number of aromatic nitrogens is 1. The third-order valence-electron chi connectivity index (χ3n) is 3.22. The molecule has 0 atom stereocenters. The Morgan fingerprint density at radius 1 is 1.17 bits per heavy atom. The van der Waals surface area contributed by atoms with Crippen LogP contribution in [-0.2, 0) is 9.84 Å². The molecule has 1 aromatic heterocycles. The van der Waals surface area contributed by atoms with Crippen molar-refractivity contribution in [2.75, 3.05) is 18.1 Å². The number of carbonyl (C=O) groups excluding carboxylic acids is 1. The first-order valence-corrected chi connectivity index (χ1v) is 8.79. The van der Waals surface area contributed by atoms with E-state index in [9.17, 15) is 13.2 Å². The largest absolute Gasteiger partial charge is 0.494 e. The number of carbonyl (C=O) groups is 1. The van der Waals surface area contributed by atoms with E-state index in [-0.39, 0.29) is 10.8 Å². The molecule has 0 radical (unpaired) electrons. The summed E-state index contributed by atoms with van der Waals surface area (Å²) in [5, 5.41) is 0.0927. The smallest absolute Gasteiger partial charge is 0.195 e. The molecule has 0 aliphatic heterocycles. The van der Waals surface area contributed by atoms with E-state index in [0.717, 1.165) is 0 Å². The van der Waals surface area contributed by atoms with Crippen LogP contribution in [0.1, 0.15) is 23.2 Å². The highest BCUT2D eigenvalue weighted by atomic mass is 32.2. The van der Waals surface area contributed by atoms with Gasteiger partial charge < -0.3 is 10.5 Å². The molecule has 0 unspecified atom stereocenters. The van der Waals surface area contributed by atoms with Gasteiger partial charge in [-0.3, -0.25) is 4.79 Å². The molecule has 0 bridgehead atoms. The van der Waals surface area contributed by atoms with E-state index in [1.807, 2.05) is 0 Å². The van der Waals surface area contributed by atoms with Gasteiger partial charge in [-0.25, -0.2) is 13.4 Å². The summed E-state index contributed by atoms with van der Waals surface area (Å²) in [5.41, 5.74) is 6.39. The van der Waals surface area contributed by atoms with Crippen molar-refractivity contribution < 1.29 is 17.9 Å². The molecule has 0 aliphatic carbocycles. The van der Waals surface area contributed by atoms with E-state index in [2.05, 4.69) is 4.98 Å². The van der Waals surface area contributed by atoms with Gasteiger partial charge in [0, 0.05) is 17.4 Å². The summed E-state index contributed by atoms with van der Waals surface area (Å²) >= 11 is 0. The third-order valence-corrected chi connectivity index (χ3v) is 4.92. The van der Waals surface area contributed by atoms with Gasteiger partial charge in [-0.2, -0.15) is 0 Å². The van der Waals surface area contributed by atoms with Crippen LogP contribution in [-0.4, -0.2) is 32.0 Å². The minimum atomic E-state index is -3.35.